The van der Waals surface area contributed by atoms with Crippen LogP contribution < -0.4 is 10.1 Å². The number of aryl methyl sites for hydroxylation is 1. The summed E-state index contributed by atoms with van der Waals surface area (Å²) >= 11 is 0. The molecule has 0 heterocycles. The molecule has 0 aliphatic heterocycles. The summed E-state index contributed by atoms with van der Waals surface area (Å²) in [5.41, 5.74) is 1.71. The highest BCUT2D eigenvalue weighted by Crippen LogP contribution is 2.27. The summed E-state index contributed by atoms with van der Waals surface area (Å²) in [7, 11) is 0. The number of carbonyl (C=O) groups excluding carboxylic acids is 2. The zero-order valence-corrected chi connectivity index (χ0v) is 14.3. The number of benzene rings is 2. The lowest BCUT2D eigenvalue weighted by Crippen LogP contribution is -2.15. The van der Waals surface area contributed by atoms with Gasteiger partial charge in [-0.25, -0.2) is 4.79 Å². The summed E-state index contributed by atoms with van der Waals surface area (Å²) in [4.78, 5) is 35.3. The van der Waals surface area contributed by atoms with Gasteiger partial charge in [0.2, 0.25) is 0 Å². The first-order valence-electron chi connectivity index (χ1n) is 7.76. The van der Waals surface area contributed by atoms with E-state index in [1.165, 1.54) is 19.1 Å². The summed E-state index contributed by atoms with van der Waals surface area (Å²) < 4.78 is 5.47. The average molecular weight is 341 g/mol. The molecule has 2 aromatic rings. The number of hydrogen-bond acceptors (Lipinski definition) is 4. The number of anilines is 1. The Labute approximate surface area is 145 Å². The third-order valence-corrected chi connectivity index (χ3v) is 3.52. The molecular weight excluding hydrogens is 322 g/mol. The second-order valence-electron chi connectivity index (χ2n) is 5.55. The van der Waals surface area contributed by atoms with Crippen molar-refractivity contribution < 1.29 is 24.2 Å². The van der Waals surface area contributed by atoms with E-state index in [1.54, 1.807) is 31.2 Å². The lowest BCUT2D eigenvalue weighted by atomic mass is 10.1. The maximum absolute atomic E-state index is 12.5. The Morgan fingerprint density at radius 1 is 1.04 bits per heavy atom. The second-order valence-corrected chi connectivity index (χ2v) is 5.55. The molecule has 0 aliphatic rings. The highest BCUT2D eigenvalue weighted by atomic mass is 16.5. The van der Waals surface area contributed by atoms with Crippen molar-refractivity contribution in [2.75, 3.05) is 11.9 Å². The van der Waals surface area contributed by atoms with Crippen molar-refractivity contribution in [3.05, 3.63) is 58.7 Å². The lowest BCUT2D eigenvalue weighted by molar-refractivity contribution is 0.0696. The summed E-state index contributed by atoms with van der Waals surface area (Å²) in [5, 5.41) is 11.8. The molecule has 0 saturated heterocycles. The maximum atomic E-state index is 12.5. The minimum atomic E-state index is -1.11. The van der Waals surface area contributed by atoms with E-state index in [-0.39, 0.29) is 16.9 Å². The van der Waals surface area contributed by atoms with Crippen LogP contribution in [0.5, 0.6) is 5.75 Å². The molecule has 1 amide bonds. The van der Waals surface area contributed by atoms with Crippen LogP contribution in [0.15, 0.2) is 36.4 Å². The van der Waals surface area contributed by atoms with E-state index in [2.05, 4.69) is 5.32 Å². The molecule has 0 saturated carbocycles. The molecule has 2 aromatic carbocycles. The van der Waals surface area contributed by atoms with E-state index in [4.69, 9.17) is 9.84 Å². The van der Waals surface area contributed by atoms with Crippen molar-refractivity contribution in [3.63, 3.8) is 0 Å². The minimum Gasteiger partial charge on any atom is -0.492 e. The first-order chi connectivity index (χ1) is 11.8. The Bertz CT molecular complexity index is 842. The van der Waals surface area contributed by atoms with Gasteiger partial charge in [-0.2, -0.15) is 0 Å². The third kappa shape index (κ3) is 4.44. The number of amides is 1. The fraction of sp³-hybridized carbons (Fsp3) is 0.211. The fourth-order valence-corrected chi connectivity index (χ4v) is 2.36. The Balaban J connectivity index is 2.38. The van der Waals surface area contributed by atoms with Crippen molar-refractivity contribution in [1.29, 1.82) is 0 Å². The quantitative estimate of drug-likeness (QED) is 0.784. The lowest BCUT2D eigenvalue weighted by Gasteiger charge is -2.13. The fourth-order valence-electron chi connectivity index (χ4n) is 2.36. The number of nitrogens with one attached hydrogen (secondary N) is 1. The Morgan fingerprint density at radius 2 is 1.72 bits per heavy atom. The van der Waals surface area contributed by atoms with Crippen molar-refractivity contribution in [2.45, 2.75) is 20.8 Å². The molecule has 130 valence electrons. The van der Waals surface area contributed by atoms with Gasteiger partial charge in [0.15, 0.2) is 5.78 Å². The summed E-state index contributed by atoms with van der Waals surface area (Å²) in [6.45, 7) is 5.35. The number of rotatable bonds is 6. The van der Waals surface area contributed by atoms with E-state index < -0.39 is 11.9 Å². The first-order valence-corrected chi connectivity index (χ1v) is 7.76. The average Bonchev–Trinajstić information content (AvgIpc) is 2.55. The predicted molar refractivity (Wildman–Crippen MR) is 93.7 cm³/mol. The molecule has 0 aromatic heterocycles. The molecular formula is C19H19NO5. The summed E-state index contributed by atoms with van der Waals surface area (Å²) in [6.07, 6.45) is 0. The molecule has 0 atom stereocenters. The molecule has 0 unspecified atom stereocenters. The minimum absolute atomic E-state index is 0.0349. The number of carboxylic acid groups (broad SMARTS) is 1. The van der Waals surface area contributed by atoms with Crippen LogP contribution >= 0.6 is 0 Å². The summed E-state index contributed by atoms with van der Waals surface area (Å²) in [6, 6.07) is 9.17. The maximum Gasteiger partial charge on any atom is 0.335 e. The molecule has 2 rings (SSSR count). The van der Waals surface area contributed by atoms with Crippen molar-refractivity contribution in [1.82, 2.24) is 0 Å². The number of ether oxygens (including phenoxy) is 1. The topological polar surface area (TPSA) is 92.7 Å². The SMILES string of the molecule is CCOc1ccc(C(C)=O)cc1NC(=O)c1cc(C)cc(C(=O)O)c1. The second kappa shape index (κ2) is 7.61. The van der Waals surface area contributed by atoms with Crippen LogP contribution in [-0.4, -0.2) is 29.4 Å². The van der Waals surface area contributed by atoms with Crippen LogP contribution in [0, 0.1) is 6.92 Å². The van der Waals surface area contributed by atoms with E-state index in [0.29, 0.717) is 29.2 Å². The van der Waals surface area contributed by atoms with Crippen molar-refractivity contribution in [2.24, 2.45) is 0 Å². The van der Waals surface area contributed by atoms with Crippen LogP contribution in [0.1, 0.15) is 50.5 Å². The van der Waals surface area contributed by atoms with E-state index >= 15 is 0 Å². The van der Waals surface area contributed by atoms with Gasteiger partial charge in [0, 0.05) is 11.1 Å². The normalized spacial score (nSPS) is 10.2. The molecule has 0 spiro atoms. The van der Waals surface area contributed by atoms with Crippen LogP contribution in [0.2, 0.25) is 0 Å². The van der Waals surface area contributed by atoms with Crippen LogP contribution in [0.3, 0.4) is 0 Å². The van der Waals surface area contributed by atoms with Gasteiger partial charge in [-0.15, -0.1) is 0 Å². The van der Waals surface area contributed by atoms with Gasteiger partial charge in [0.25, 0.3) is 5.91 Å². The van der Waals surface area contributed by atoms with Gasteiger partial charge in [0.05, 0.1) is 17.9 Å². The number of hydrogen-bond donors (Lipinski definition) is 2. The van der Waals surface area contributed by atoms with Crippen LogP contribution in [-0.2, 0) is 0 Å². The molecule has 0 aliphatic carbocycles. The monoisotopic (exact) mass is 341 g/mol. The number of ketones is 1. The number of carbonyl (C=O) groups is 3. The van der Waals surface area contributed by atoms with E-state index in [1.807, 2.05) is 6.92 Å². The van der Waals surface area contributed by atoms with Gasteiger partial charge in [0.1, 0.15) is 5.75 Å². The van der Waals surface area contributed by atoms with E-state index in [0.717, 1.165) is 0 Å². The molecule has 6 nitrogen and oxygen atoms in total. The van der Waals surface area contributed by atoms with Gasteiger partial charge in [-0.05, 0) is 62.7 Å². The predicted octanol–water partition coefficient (Wildman–Crippen LogP) is 3.55. The number of aromatic carboxylic acids is 1. The van der Waals surface area contributed by atoms with Crippen molar-refractivity contribution in [3.8, 4) is 5.75 Å². The molecule has 25 heavy (non-hydrogen) atoms. The van der Waals surface area contributed by atoms with E-state index in [9.17, 15) is 14.4 Å². The van der Waals surface area contributed by atoms with Crippen LogP contribution in [0.25, 0.3) is 0 Å². The molecule has 2 N–H and O–H groups in total. The Morgan fingerprint density at radius 3 is 2.32 bits per heavy atom. The zero-order valence-electron chi connectivity index (χ0n) is 14.3. The Hall–Kier alpha value is -3.15. The molecule has 0 fully saturated rings. The number of carboxylic acids is 1. The number of Topliss-reactive ketones (excluding diaryl/α,β-unsaturated/α-hetero) is 1. The van der Waals surface area contributed by atoms with Crippen LogP contribution in [0.4, 0.5) is 5.69 Å². The molecule has 6 heteroatoms. The third-order valence-electron chi connectivity index (χ3n) is 3.52. The van der Waals surface area contributed by atoms with Crippen molar-refractivity contribution >= 4 is 23.3 Å². The van der Waals surface area contributed by atoms with Gasteiger partial charge in [-0.1, -0.05) is 0 Å². The smallest absolute Gasteiger partial charge is 0.335 e. The van der Waals surface area contributed by atoms with Gasteiger partial charge < -0.3 is 15.2 Å². The highest BCUT2D eigenvalue weighted by molar-refractivity contribution is 6.07. The first kappa shape index (κ1) is 18.2. The standard InChI is InChI=1S/C19H19NO5/c1-4-25-17-6-5-13(12(3)21)10-16(17)20-18(22)14-7-11(2)8-15(9-14)19(23)24/h5-10H,4H2,1-3H3,(H,20,22)(H,23,24). The van der Waals surface area contributed by atoms with Gasteiger partial charge in [-0.3, -0.25) is 9.59 Å². The Kier molecular flexibility index (Phi) is 5.54. The zero-order chi connectivity index (χ0) is 18.6. The summed E-state index contributed by atoms with van der Waals surface area (Å²) in [5.74, 6) is -1.28. The molecule has 0 bridgehead atoms. The molecule has 0 radical (unpaired) electrons. The van der Waals surface area contributed by atoms with Gasteiger partial charge >= 0.3 is 5.97 Å². The highest BCUT2D eigenvalue weighted by Gasteiger charge is 2.15. The largest absolute Gasteiger partial charge is 0.492 e.